The molecule has 17 heavy (non-hydrogen) atoms. The van der Waals surface area contributed by atoms with Gasteiger partial charge in [-0.05, 0) is 25.3 Å². The summed E-state index contributed by atoms with van der Waals surface area (Å²) in [6.45, 7) is 0.857. The van der Waals surface area contributed by atoms with Gasteiger partial charge in [0.15, 0.2) is 0 Å². The molecule has 0 aromatic carbocycles. The van der Waals surface area contributed by atoms with Crippen molar-refractivity contribution in [1.29, 1.82) is 0 Å². The number of fused-ring (bicyclic) bond motifs is 1. The largest absolute Gasteiger partial charge is 0.472 e. The molecule has 0 fully saturated rings. The maximum atomic E-state index is 5.07. The molecule has 3 rings (SSSR count). The zero-order valence-corrected chi connectivity index (χ0v) is 10.0. The van der Waals surface area contributed by atoms with Crippen LogP contribution >= 0.6 is 0 Å². The van der Waals surface area contributed by atoms with Crippen molar-refractivity contribution in [3.05, 3.63) is 41.6 Å². The van der Waals surface area contributed by atoms with Gasteiger partial charge in [0.1, 0.15) is 0 Å². The van der Waals surface area contributed by atoms with Crippen LogP contribution in [0.5, 0.6) is 0 Å². The minimum atomic E-state index is 0.433. The molecule has 1 unspecified atom stereocenters. The van der Waals surface area contributed by atoms with Gasteiger partial charge >= 0.3 is 0 Å². The minimum absolute atomic E-state index is 0.433. The fraction of sp³-hybridized carbons (Fsp3) is 0.462. The molecular weight excluding hydrogens is 214 g/mol. The first-order valence-electron chi connectivity index (χ1n) is 6.10. The average molecular weight is 231 g/mol. The predicted octanol–water partition coefficient (Wildman–Crippen LogP) is 2.18. The van der Waals surface area contributed by atoms with E-state index in [1.165, 1.54) is 29.7 Å². The molecular formula is C13H17N3O. The number of furan rings is 1. The van der Waals surface area contributed by atoms with Crippen molar-refractivity contribution in [1.82, 2.24) is 15.1 Å². The van der Waals surface area contributed by atoms with Crippen molar-refractivity contribution in [2.24, 2.45) is 7.05 Å². The van der Waals surface area contributed by atoms with Gasteiger partial charge < -0.3 is 9.73 Å². The van der Waals surface area contributed by atoms with Crippen molar-refractivity contribution in [3.63, 3.8) is 0 Å². The third kappa shape index (κ3) is 2.00. The SMILES string of the molecule is Cn1ncc2c1CCCC2NCc1ccoc1. The van der Waals surface area contributed by atoms with Gasteiger partial charge in [-0.25, -0.2) is 0 Å². The molecule has 1 atom stereocenters. The smallest absolute Gasteiger partial charge is 0.0947 e. The summed E-state index contributed by atoms with van der Waals surface area (Å²) >= 11 is 0. The average Bonchev–Trinajstić information content (AvgIpc) is 2.97. The Morgan fingerprint density at radius 2 is 2.53 bits per heavy atom. The lowest BCUT2D eigenvalue weighted by Crippen LogP contribution is -2.24. The van der Waals surface area contributed by atoms with Crippen LogP contribution in [-0.4, -0.2) is 9.78 Å². The van der Waals surface area contributed by atoms with Crippen molar-refractivity contribution in [3.8, 4) is 0 Å². The van der Waals surface area contributed by atoms with Gasteiger partial charge in [-0.15, -0.1) is 0 Å². The Morgan fingerprint density at radius 1 is 1.59 bits per heavy atom. The van der Waals surface area contributed by atoms with Gasteiger partial charge in [0.05, 0.1) is 18.7 Å². The molecule has 4 nitrogen and oxygen atoms in total. The summed E-state index contributed by atoms with van der Waals surface area (Å²) in [5.41, 5.74) is 3.93. The fourth-order valence-corrected chi connectivity index (χ4v) is 2.55. The second-order valence-corrected chi connectivity index (χ2v) is 4.63. The van der Waals surface area contributed by atoms with Gasteiger partial charge in [-0.2, -0.15) is 5.10 Å². The summed E-state index contributed by atoms with van der Waals surface area (Å²) in [6, 6.07) is 2.43. The molecule has 0 radical (unpaired) electrons. The Bertz CT molecular complexity index is 487. The third-order valence-electron chi connectivity index (χ3n) is 3.51. The summed E-state index contributed by atoms with van der Waals surface area (Å²) in [7, 11) is 2.03. The summed E-state index contributed by atoms with van der Waals surface area (Å²) in [5, 5.41) is 7.93. The predicted molar refractivity (Wildman–Crippen MR) is 64.4 cm³/mol. The molecule has 1 aliphatic rings. The van der Waals surface area contributed by atoms with Crippen LogP contribution in [0.1, 0.15) is 35.7 Å². The van der Waals surface area contributed by atoms with Crippen molar-refractivity contribution >= 4 is 0 Å². The Labute approximate surface area is 101 Å². The first-order chi connectivity index (χ1) is 8.34. The molecule has 0 aliphatic heterocycles. The first kappa shape index (κ1) is 10.6. The molecule has 0 saturated carbocycles. The lowest BCUT2D eigenvalue weighted by molar-refractivity contribution is 0.450. The van der Waals surface area contributed by atoms with Crippen LogP contribution in [0.3, 0.4) is 0 Å². The highest BCUT2D eigenvalue weighted by molar-refractivity contribution is 5.24. The van der Waals surface area contributed by atoms with E-state index in [-0.39, 0.29) is 0 Å². The molecule has 4 heteroatoms. The van der Waals surface area contributed by atoms with Crippen LogP contribution in [0.2, 0.25) is 0 Å². The highest BCUT2D eigenvalue weighted by Gasteiger charge is 2.22. The topological polar surface area (TPSA) is 43.0 Å². The lowest BCUT2D eigenvalue weighted by Gasteiger charge is -2.23. The van der Waals surface area contributed by atoms with Gasteiger partial charge in [0.2, 0.25) is 0 Å². The van der Waals surface area contributed by atoms with E-state index >= 15 is 0 Å². The van der Waals surface area contributed by atoms with E-state index in [1.54, 1.807) is 12.5 Å². The normalized spacial score (nSPS) is 19.2. The van der Waals surface area contributed by atoms with E-state index in [9.17, 15) is 0 Å². The summed E-state index contributed by atoms with van der Waals surface area (Å²) in [6.07, 6.45) is 9.08. The highest BCUT2D eigenvalue weighted by atomic mass is 16.3. The maximum absolute atomic E-state index is 5.07. The monoisotopic (exact) mass is 231 g/mol. The third-order valence-corrected chi connectivity index (χ3v) is 3.51. The standard InChI is InChI=1S/C13H17N3O/c1-16-13-4-2-3-12(11(13)8-15-16)14-7-10-5-6-17-9-10/h5-6,8-9,12,14H,2-4,7H2,1H3. The number of nitrogens with zero attached hydrogens (tertiary/aromatic N) is 2. The Morgan fingerprint density at radius 3 is 3.35 bits per heavy atom. The van der Waals surface area contributed by atoms with Crippen LogP contribution < -0.4 is 5.32 Å². The Hall–Kier alpha value is -1.55. The molecule has 1 N–H and O–H groups in total. The zero-order chi connectivity index (χ0) is 11.7. The number of hydrogen-bond donors (Lipinski definition) is 1. The van der Waals surface area contributed by atoms with E-state index in [2.05, 4.69) is 10.4 Å². The Kier molecular flexibility index (Phi) is 2.73. The number of hydrogen-bond acceptors (Lipinski definition) is 3. The molecule has 0 spiro atoms. The van der Waals surface area contributed by atoms with E-state index in [0.29, 0.717) is 6.04 Å². The van der Waals surface area contributed by atoms with Gasteiger partial charge in [-0.3, -0.25) is 4.68 Å². The molecule has 90 valence electrons. The molecule has 0 amide bonds. The number of nitrogens with one attached hydrogen (secondary N) is 1. The molecule has 0 bridgehead atoms. The van der Waals surface area contributed by atoms with Gasteiger partial charge in [-0.1, -0.05) is 0 Å². The minimum Gasteiger partial charge on any atom is -0.472 e. The molecule has 1 aliphatic carbocycles. The lowest BCUT2D eigenvalue weighted by atomic mass is 9.93. The quantitative estimate of drug-likeness (QED) is 0.880. The van der Waals surface area contributed by atoms with Crippen molar-refractivity contribution < 1.29 is 4.42 Å². The van der Waals surface area contributed by atoms with Crippen LogP contribution in [-0.2, 0) is 20.0 Å². The summed E-state index contributed by atoms with van der Waals surface area (Å²) in [5.74, 6) is 0. The van der Waals surface area contributed by atoms with Crippen LogP contribution in [0.4, 0.5) is 0 Å². The summed E-state index contributed by atoms with van der Waals surface area (Å²) < 4.78 is 7.07. The van der Waals surface area contributed by atoms with Crippen molar-refractivity contribution in [2.45, 2.75) is 31.8 Å². The van der Waals surface area contributed by atoms with Gasteiger partial charge in [0, 0.05) is 36.5 Å². The molecule has 2 aromatic rings. The first-order valence-corrected chi connectivity index (χ1v) is 6.10. The second kappa shape index (κ2) is 4.37. The van der Waals surface area contributed by atoms with Crippen LogP contribution in [0.25, 0.3) is 0 Å². The van der Waals surface area contributed by atoms with E-state index < -0.39 is 0 Å². The molecule has 0 saturated heterocycles. The van der Waals surface area contributed by atoms with E-state index in [1.807, 2.05) is 24.0 Å². The van der Waals surface area contributed by atoms with Crippen molar-refractivity contribution in [2.75, 3.05) is 0 Å². The van der Waals surface area contributed by atoms with E-state index in [0.717, 1.165) is 13.0 Å². The number of aromatic nitrogens is 2. The molecule has 2 heterocycles. The Balaban J connectivity index is 1.72. The molecule has 2 aromatic heterocycles. The van der Waals surface area contributed by atoms with Crippen LogP contribution in [0.15, 0.2) is 29.2 Å². The number of rotatable bonds is 3. The fourth-order valence-electron chi connectivity index (χ4n) is 2.55. The maximum Gasteiger partial charge on any atom is 0.0947 e. The summed E-state index contributed by atoms with van der Waals surface area (Å²) in [4.78, 5) is 0. The van der Waals surface area contributed by atoms with E-state index in [4.69, 9.17) is 4.42 Å². The second-order valence-electron chi connectivity index (χ2n) is 4.63. The zero-order valence-electron chi connectivity index (χ0n) is 10.0. The van der Waals surface area contributed by atoms with Crippen LogP contribution in [0, 0.1) is 0 Å². The highest BCUT2D eigenvalue weighted by Crippen LogP contribution is 2.29. The van der Waals surface area contributed by atoms with Gasteiger partial charge in [0.25, 0.3) is 0 Å². The number of aryl methyl sites for hydroxylation is 1.